The van der Waals surface area contributed by atoms with Crippen LogP contribution in [0.1, 0.15) is 20.8 Å². The third-order valence-corrected chi connectivity index (χ3v) is 4.89. The minimum atomic E-state index is -3.28. The van der Waals surface area contributed by atoms with E-state index in [1.807, 2.05) is 0 Å². The molecule has 0 saturated carbocycles. The van der Waals surface area contributed by atoms with Gasteiger partial charge in [-0.3, -0.25) is 0 Å². The first-order valence-corrected chi connectivity index (χ1v) is 7.28. The van der Waals surface area contributed by atoms with Crippen molar-refractivity contribution in [3.05, 3.63) is 0 Å². The van der Waals surface area contributed by atoms with Crippen LogP contribution in [0.25, 0.3) is 0 Å². The van der Waals surface area contributed by atoms with Crippen LogP contribution in [0.2, 0.25) is 6.04 Å². The Balaban J connectivity index is 4.57. The third-order valence-electron chi connectivity index (χ3n) is 1.81. The van der Waals surface area contributed by atoms with Crippen LogP contribution in [-0.2, 0) is 13.3 Å². The summed E-state index contributed by atoms with van der Waals surface area (Å²) in [6.07, 6.45) is -5.30. The van der Waals surface area contributed by atoms with Crippen molar-refractivity contribution in [1.29, 1.82) is 0 Å². The first kappa shape index (κ1) is 15.9. The van der Waals surface area contributed by atoms with Crippen molar-refractivity contribution < 1.29 is 26.4 Å². The molecule has 16 heavy (non-hydrogen) atoms. The maximum Gasteiger partial charge on any atom is 0.504 e. The van der Waals surface area contributed by atoms with E-state index in [0.29, 0.717) is 0 Å². The van der Waals surface area contributed by atoms with Gasteiger partial charge in [-0.25, -0.2) is 13.2 Å². The number of hydrogen-bond acceptors (Lipinski definition) is 3. The molecule has 0 aromatic heterocycles. The Hall–Kier alpha value is -0.113. The normalized spacial score (nSPS) is 14.4. The molecule has 0 radical (unpaired) electrons. The minimum absolute atomic E-state index is 0.252. The van der Waals surface area contributed by atoms with E-state index in [0.717, 1.165) is 0 Å². The van der Waals surface area contributed by atoms with E-state index in [4.69, 9.17) is 13.3 Å². The monoisotopic (exact) mass is 260 g/mol. The first-order chi connectivity index (χ1) is 7.51. The van der Waals surface area contributed by atoms with E-state index in [-0.39, 0.29) is 19.8 Å². The van der Waals surface area contributed by atoms with Crippen LogP contribution >= 0.6 is 0 Å². The Morgan fingerprint density at radius 1 is 0.875 bits per heavy atom. The van der Waals surface area contributed by atoms with Gasteiger partial charge in [-0.2, -0.15) is 0 Å². The molecule has 0 amide bonds. The van der Waals surface area contributed by atoms with Gasteiger partial charge in [0.1, 0.15) is 0 Å². The lowest BCUT2D eigenvalue weighted by Crippen LogP contribution is -2.48. The van der Waals surface area contributed by atoms with Gasteiger partial charge in [0.25, 0.3) is 6.43 Å². The topological polar surface area (TPSA) is 27.7 Å². The lowest BCUT2D eigenvalue weighted by molar-refractivity contribution is 0.0266. The maximum absolute atomic E-state index is 13.0. The molecular formula is C9H19F3O3Si. The molecule has 0 heterocycles. The van der Waals surface area contributed by atoms with Crippen LogP contribution in [0.4, 0.5) is 13.2 Å². The van der Waals surface area contributed by atoms with Crippen molar-refractivity contribution in [3.63, 3.8) is 0 Å². The van der Waals surface area contributed by atoms with Gasteiger partial charge in [-0.15, -0.1) is 0 Å². The highest BCUT2D eigenvalue weighted by molar-refractivity contribution is 6.60. The van der Waals surface area contributed by atoms with Gasteiger partial charge in [0, 0.05) is 19.8 Å². The second-order valence-corrected chi connectivity index (χ2v) is 5.68. The van der Waals surface area contributed by atoms with Crippen LogP contribution in [0, 0.1) is 0 Å². The van der Waals surface area contributed by atoms with Crippen LogP contribution in [0.5, 0.6) is 0 Å². The highest BCUT2D eigenvalue weighted by Crippen LogP contribution is 2.23. The summed E-state index contributed by atoms with van der Waals surface area (Å²) in [5.41, 5.74) is 0. The number of rotatable bonds is 9. The Morgan fingerprint density at radius 3 is 1.50 bits per heavy atom. The molecule has 98 valence electrons. The zero-order valence-electron chi connectivity index (χ0n) is 9.84. The molecule has 0 rings (SSSR count). The van der Waals surface area contributed by atoms with Crippen LogP contribution in [0.15, 0.2) is 0 Å². The van der Waals surface area contributed by atoms with Gasteiger partial charge >= 0.3 is 8.80 Å². The molecule has 0 aromatic rings. The van der Waals surface area contributed by atoms with Gasteiger partial charge < -0.3 is 13.3 Å². The average molecular weight is 260 g/mol. The molecule has 7 heteroatoms. The first-order valence-electron chi connectivity index (χ1n) is 5.35. The quantitative estimate of drug-likeness (QED) is 0.596. The van der Waals surface area contributed by atoms with Crippen LogP contribution in [-0.4, -0.2) is 41.2 Å². The SMILES string of the molecule is CCO[Si](CC(F)C(F)F)(OCC)OCC. The predicted octanol–water partition coefficient (Wildman–Crippen LogP) is 2.64. The van der Waals surface area contributed by atoms with Gasteiger partial charge in [-0.05, 0) is 20.8 Å². The van der Waals surface area contributed by atoms with E-state index < -0.39 is 27.4 Å². The molecule has 0 spiro atoms. The number of halogens is 3. The van der Waals surface area contributed by atoms with Gasteiger partial charge in [0.2, 0.25) is 0 Å². The van der Waals surface area contributed by atoms with Gasteiger partial charge in [0.15, 0.2) is 6.17 Å². The van der Waals surface area contributed by atoms with Crippen molar-refractivity contribution in [3.8, 4) is 0 Å². The fraction of sp³-hybridized carbons (Fsp3) is 1.00. The highest BCUT2D eigenvalue weighted by Gasteiger charge is 2.45. The Morgan fingerprint density at radius 2 is 1.25 bits per heavy atom. The summed E-state index contributed by atoms with van der Waals surface area (Å²) in [6, 6.07) is -0.500. The molecule has 0 aromatic carbocycles. The molecule has 1 unspecified atom stereocenters. The van der Waals surface area contributed by atoms with Crippen molar-refractivity contribution in [2.24, 2.45) is 0 Å². The summed E-state index contributed by atoms with van der Waals surface area (Å²) >= 11 is 0. The Kier molecular flexibility index (Phi) is 7.99. The second kappa shape index (κ2) is 8.05. The zero-order chi connectivity index (χ0) is 12.6. The molecule has 0 aliphatic carbocycles. The Bertz CT molecular complexity index is 166. The Labute approximate surface area is 95.2 Å². The number of alkyl halides is 3. The summed E-state index contributed by atoms with van der Waals surface area (Å²) < 4.78 is 53.1. The maximum atomic E-state index is 13.0. The summed E-state index contributed by atoms with van der Waals surface area (Å²) in [4.78, 5) is 0. The average Bonchev–Trinajstić information content (AvgIpc) is 2.18. The molecular weight excluding hydrogens is 241 g/mol. The lowest BCUT2D eigenvalue weighted by Gasteiger charge is -2.29. The number of hydrogen-bond donors (Lipinski definition) is 0. The van der Waals surface area contributed by atoms with E-state index in [9.17, 15) is 13.2 Å². The minimum Gasteiger partial charge on any atom is -0.374 e. The molecule has 0 fully saturated rings. The highest BCUT2D eigenvalue weighted by atomic mass is 28.4. The second-order valence-electron chi connectivity index (χ2n) is 3.04. The van der Waals surface area contributed by atoms with Crippen LogP contribution in [0.3, 0.4) is 0 Å². The van der Waals surface area contributed by atoms with Crippen LogP contribution < -0.4 is 0 Å². The third kappa shape index (κ3) is 5.29. The van der Waals surface area contributed by atoms with E-state index in [1.165, 1.54) is 0 Å². The van der Waals surface area contributed by atoms with Crippen molar-refractivity contribution in [2.75, 3.05) is 19.8 Å². The van der Waals surface area contributed by atoms with E-state index in [1.54, 1.807) is 20.8 Å². The molecule has 0 aliphatic heterocycles. The smallest absolute Gasteiger partial charge is 0.374 e. The van der Waals surface area contributed by atoms with Crippen molar-refractivity contribution in [2.45, 2.75) is 39.4 Å². The van der Waals surface area contributed by atoms with Crippen molar-refractivity contribution in [1.82, 2.24) is 0 Å². The molecule has 0 saturated heterocycles. The summed E-state index contributed by atoms with van der Waals surface area (Å²) in [5.74, 6) is 0. The van der Waals surface area contributed by atoms with Gasteiger partial charge in [0.05, 0.1) is 6.04 Å². The fourth-order valence-corrected chi connectivity index (χ4v) is 3.87. The van der Waals surface area contributed by atoms with Gasteiger partial charge in [-0.1, -0.05) is 0 Å². The summed E-state index contributed by atoms with van der Waals surface area (Å²) in [5, 5.41) is 0. The molecule has 0 bridgehead atoms. The largest absolute Gasteiger partial charge is 0.504 e. The fourth-order valence-electron chi connectivity index (χ4n) is 1.29. The molecule has 1 atom stereocenters. The molecule has 3 nitrogen and oxygen atoms in total. The molecule has 0 N–H and O–H groups in total. The molecule has 0 aliphatic rings. The van der Waals surface area contributed by atoms with Crippen molar-refractivity contribution >= 4 is 8.80 Å². The summed E-state index contributed by atoms with van der Waals surface area (Å²) in [6.45, 7) is 5.83. The van der Waals surface area contributed by atoms with E-state index >= 15 is 0 Å². The standard InChI is InChI=1S/C9H19F3O3Si/c1-4-13-16(14-5-2,15-6-3)7-8(10)9(11)12/h8-9H,4-7H2,1-3H3. The summed E-state index contributed by atoms with van der Waals surface area (Å²) in [7, 11) is -3.28. The van der Waals surface area contributed by atoms with E-state index in [2.05, 4.69) is 0 Å². The lowest BCUT2D eigenvalue weighted by atomic mass is 10.5. The predicted molar refractivity (Wildman–Crippen MR) is 56.3 cm³/mol. The zero-order valence-corrected chi connectivity index (χ0v) is 10.8.